The Labute approximate surface area is 183 Å². The highest BCUT2D eigenvalue weighted by Crippen LogP contribution is 2.27. The van der Waals surface area contributed by atoms with Crippen LogP contribution in [0.2, 0.25) is 5.02 Å². The van der Waals surface area contributed by atoms with Crippen molar-refractivity contribution in [1.82, 2.24) is 4.90 Å². The molecule has 0 fully saturated rings. The molecule has 1 amide bonds. The second-order valence-electron chi connectivity index (χ2n) is 8.77. The molecule has 0 saturated heterocycles. The number of rotatable bonds is 7. The molecule has 0 aliphatic carbocycles. The van der Waals surface area contributed by atoms with Gasteiger partial charge in [-0.15, -0.1) is 0 Å². The van der Waals surface area contributed by atoms with E-state index in [2.05, 4.69) is 25.9 Å². The van der Waals surface area contributed by atoms with E-state index in [0.29, 0.717) is 31.0 Å². The molecule has 2 aromatic carbocycles. The lowest BCUT2D eigenvalue weighted by atomic mass is 9.91. The zero-order chi connectivity index (χ0) is 21.7. The highest BCUT2D eigenvalue weighted by atomic mass is 35.5. The molecule has 1 atom stereocenters. The molecule has 0 N–H and O–H groups in total. The monoisotopic (exact) mass is 428 g/mol. The van der Waals surface area contributed by atoms with E-state index < -0.39 is 0 Å². The van der Waals surface area contributed by atoms with Gasteiger partial charge >= 0.3 is 0 Å². The minimum Gasteiger partial charge on any atom is -0.496 e. The molecule has 160 valence electrons. The van der Waals surface area contributed by atoms with Crippen LogP contribution in [0.1, 0.15) is 44.7 Å². The highest BCUT2D eigenvalue weighted by Gasteiger charge is 2.29. The standard InChI is InChI=1S/C24H29ClN2O3/c1-24(2,3)14-23(28)27(15-17-9-5-7-11-20(17)25)16-18-13-21(26-30-18)19-10-6-8-12-22(19)29-4/h5-12,18H,13-16H2,1-4H3/t18-/m1/s1. The summed E-state index contributed by atoms with van der Waals surface area (Å²) in [6.45, 7) is 7.08. The van der Waals surface area contributed by atoms with Crippen molar-refractivity contribution in [1.29, 1.82) is 0 Å². The summed E-state index contributed by atoms with van der Waals surface area (Å²) in [4.78, 5) is 20.6. The second kappa shape index (κ2) is 9.52. The van der Waals surface area contributed by atoms with E-state index in [0.717, 1.165) is 22.6 Å². The van der Waals surface area contributed by atoms with Gasteiger partial charge in [0.2, 0.25) is 5.91 Å². The number of carbonyl (C=O) groups is 1. The van der Waals surface area contributed by atoms with Crippen LogP contribution >= 0.6 is 11.6 Å². The van der Waals surface area contributed by atoms with E-state index in [-0.39, 0.29) is 17.4 Å². The lowest BCUT2D eigenvalue weighted by molar-refractivity contribution is -0.135. The Morgan fingerprint density at radius 3 is 2.60 bits per heavy atom. The Morgan fingerprint density at radius 1 is 1.20 bits per heavy atom. The molecule has 0 spiro atoms. The number of carbonyl (C=O) groups excluding carboxylic acids is 1. The van der Waals surface area contributed by atoms with Crippen molar-refractivity contribution >= 4 is 23.2 Å². The molecule has 1 aliphatic rings. The Balaban J connectivity index is 1.73. The number of methoxy groups -OCH3 is 1. The number of para-hydroxylation sites is 1. The molecular formula is C24H29ClN2O3. The largest absolute Gasteiger partial charge is 0.496 e. The normalized spacial score (nSPS) is 16.0. The van der Waals surface area contributed by atoms with E-state index in [9.17, 15) is 4.79 Å². The van der Waals surface area contributed by atoms with Gasteiger partial charge in [0.25, 0.3) is 0 Å². The van der Waals surface area contributed by atoms with Crippen molar-refractivity contribution in [2.75, 3.05) is 13.7 Å². The van der Waals surface area contributed by atoms with Gasteiger partial charge in [-0.2, -0.15) is 0 Å². The number of hydrogen-bond acceptors (Lipinski definition) is 4. The number of hydrogen-bond donors (Lipinski definition) is 0. The van der Waals surface area contributed by atoms with Crippen LogP contribution in [0.4, 0.5) is 0 Å². The Bertz CT molecular complexity index is 921. The third kappa shape index (κ3) is 5.76. The van der Waals surface area contributed by atoms with Gasteiger partial charge in [-0.1, -0.05) is 67.9 Å². The molecule has 0 radical (unpaired) electrons. The quantitative estimate of drug-likeness (QED) is 0.600. The van der Waals surface area contributed by atoms with E-state index >= 15 is 0 Å². The fourth-order valence-corrected chi connectivity index (χ4v) is 3.66. The summed E-state index contributed by atoms with van der Waals surface area (Å²) in [5.41, 5.74) is 2.57. The number of halogens is 1. The van der Waals surface area contributed by atoms with E-state index in [1.54, 1.807) is 7.11 Å². The van der Waals surface area contributed by atoms with Crippen molar-refractivity contribution < 1.29 is 14.4 Å². The molecule has 0 saturated carbocycles. The predicted octanol–water partition coefficient (Wildman–Crippen LogP) is 5.31. The predicted molar refractivity (Wildman–Crippen MR) is 120 cm³/mol. The van der Waals surface area contributed by atoms with Crippen molar-refractivity contribution in [3.63, 3.8) is 0 Å². The molecule has 1 aliphatic heterocycles. The first kappa shape index (κ1) is 22.2. The smallest absolute Gasteiger partial charge is 0.223 e. The van der Waals surface area contributed by atoms with Crippen LogP contribution in [-0.4, -0.2) is 36.3 Å². The molecule has 1 heterocycles. The van der Waals surface area contributed by atoms with Crippen LogP contribution in [0.15, 0.2) is 53.7 Å². The lowest BCUT2D eigenvalue weighted by Gasteiger charge is -2.28. The third-order valence-corrected chi connectivity index (χ3v) is 5.30. The fraction of sp³-hybridized carbons (Fsp3) is 0.417. The number of nitrogens with zero attached hydrogens (tertiary/aromatic N) is 2. The van der Waals surface area contributed by atoms with Crippen molar-refractivity contribution in [2.45, 2.75) is 46.3 Å². The maximum Gasteiger partial charge on any atom is 0.223 e. The summed E-state index contributed by atoms with van der Waals surface area (Å²) >= 11 is 6.35. The fourth-order valence-electron chi connectivity index (χ4n) is 3.47. The lowest BCUT2D eigenvalue weighted by Crippen LogP contribution is -2.39. The minimum absolute atomic E-state index is 0.0803. The van der Waals surface area contributed by atoms with Crippen molar-refractivity contribution in [2.24, 2.45) is 10.6 Å². The summed E-state index contributed by atoms with van der Waals surface area (Å²) in [5, 5.41) is 4.94. The Kier molecular flexibility index (Phi) is 7.03. The summed E-state index contributed by atoms with van der Waals surface area (Å²) < 4.78 is 5.44. The molecule has 6 heteroatoms. The van der Waals surface area contributed by atoms with E-state index in [4.69, 9.17) is 21.2 Å². The molecule has 3 rings (SSSR count). The molecule has 0 unspecified atom stereocenters. The summed E-state index contributed by atoms with van der Waals surface area (Å²) in [5.74, 6) is 0.842. The van der Waals surface area contributed by atoms with Gasteiger partial charge in [-0.25, -0.2) is 0 Å². The number of ether oxygens (including phenoxy) is 1. The van der Waals surface area contributed by atoms with Gasteiger partial charge in [0.1, 0.15) is 5.75 Å². The number of oxime groups is 1. The van der Waals surface area contributed by atoms with Crippen molar-refractivity contribution in [3.05, 3.63) is 64.7 Å². The molecule has 5 nitrogen and oxygen atoms in total. The van der Waals surface area contributed by atoms with Crippen LogP contribution in [-0.2, 0) is 16.2 Å². The molecule has 0 aromatic heterocycles. The summed E-state index contributed by atoms with van der Waals surface area (Å²) in [6.07, 6.45) is 0.850. The molecule has 0 bridgehead atoms. The average molecular weight is 429 g/mol. The molecular weight excluding hydrogens is 400 g/mol. The first-order valence-electron chi connectivity index (χ1n) is 10.1. The zero-order valence-corrected chi connectivity index (χ0v) is 18.8. The van der Waals surface area contributed by atoms with Gasteiger partial charge in [-0.05, 0) is 29.2 Å². The number of amides is 1. The van der Waals surface area contributed by atoms with Crippen LogP contribution in [0.3, 0.4) is 0 Å². The molecule has 2 aromatic rings. The topological polar surface area (TPSA) is 51.1 Å². The van der Waals surface area contributed by atoms with Gasteiger partial charge in [0.15, 0.2) is 6.10 Å². The second-order valence-corrected chi connectivity index (χ2v) is 9.18. The van der Waals surface area contributed by atoms with Gasteiger partial charge in [0.05, 0.1) is 19.4 Å². The molecule has 30 heavy (non-hydrogen) atoms. The first-order valence-corrected chi connectivity index (χ1v) is 10.5. The highest BCUT2D eigenvalue weighted by molar-refractivity contribution is 6.31. The minimum atomic E-state index is -0.212. The first-order chi connectivity index (χ1) is 14.3. The summed E-state index contributed by atoms with van der Waals surface area (Å²) in [6, 6.07) is 15.4. The van der Waals surface area contributed by atoms with Gasteiger partial charge in [-0.3, -0.25) is 4.79 Å². The Morgan fingerprint density at radius 2 is 1.90 bits per heavy atom. The maximum atomic E-state index is 13.1. The van der Waals surface area contributed by atoms with Gasteiger partial charge < -0.3 is 14.5 Å². The third-order valence-electron chi connectivity index (χ3n) is 4.93. The zero-order valence-electron chi connectivity index (χ0n) is 18.0. The maximum absolute atomic E-state index is 13.1. The van der Waals surface area contributed by atoms with Crippen LogP contribution in [0.5, 0.6) is 5.75 Å². The van der Waals surface area contributed by atoms with Crippen LogP contribution in [0, 0.1) is 5.41 Å². The van der Waals surface area contributed by atoms with Crippen LogP contribution in [0.25, 0.3) is 0 Å². The summed E-state index contributed by atoms with van der Waals surface area (Å²) in [7, 11) is 1.64. The SMILES string of the molecule is COc1ccccc1C1=NO[C@@H](CN(Cc2ccccc2Cl)C(=O)CC(C)(C)C)C1. The van der Waals surface area contributed by atoms with E-state index in [1.807, 2.05) is 53.4 Å². The Hall–Kier alpha value is -2.53. The van der Waals surface area contributed by atoms with Crippen molar-refractivity contribution in [3.8, 4) is 5.75 Å². The van der Waals surface area contributed by atoms with E-state index in [1.165, 1.54) is 0 Å². The van der Waals surface area contributed by atoms with Crippen LogP contribution < -0.4 is 4.74 Å². The van der Waals surface area contributed by atoms with Gasteiger partial charge in [0, 0.05) is 30.0 Å². The number of benzene rings is 2. The average Bonchev–Trinajstić information content (AvgIpc) is 3.16.